The van der Waals surface area contributed by atoms with Gasteiger partial charge in [-0.1, -0.05) is 23.7 Å². The lowest BCUT2D eigenvalue weighted by atomic mass is 10.0. The molecule has 0 spiro atoms. The van der Waals surface area contributed by atoms with Crippen molar-refractivity contribution in [2.45, 2.75) is 13.2 Å². The molecule has 6 nitrogen and oxygen atoms in total. The van der Waals surface area contributed by atoms with E-state index in [1.807, 2.05) is 0 Å². The normalized spacial score (nSPS) is 12.0. The van der Waals surface area contributed by atoms with Gasteiger partial charge in [-0.3, -0.25) is 9.48 Å². The SMILES string of the molecule is Cn1nc(C(=O)N(CC=O)Cc2cccc(F)c2F)c2c1-c1cc(Cl)ccc1OC2. The second-order valence-electron chi connectivity index (χ2n) is 6.79. The highest BCUT2D eigenvalue weighted by Crippen LogP contribution is 2.40. The minimum absolute atomic E-state index is 0.0385. The van der Waals surface area contributed by atoms with Gasteiger partial charge in [0.05, 0.1) is 12.2 Å². The maximum atomic E-state index is 14.1. The fraction of sp³-hybridized carbons (Fsp3) is 0.190. The Labute approximate surface area is 175 Å². The summed E-state index contributed by atoms with van der Waals surface area (Å²) in [6.07, 6.45) is 0.524. The van der Waals surface area contributed by atoms with Crippen molar-refractivity contribution >= 4 is 23.8 Å². The number of rotatable bonds is 5. The molecule has 1 aliphatic rings. The van der Waals surface area contributed by atoms with E-state index in [4.69, 9.17) is 16.3 Å². The smallest absolute Gasteiger partial charge is 0.275 e. The van der Waals surface area contributed by atoms with Crippen molar-refractivity contribution in [3.05, 3.63) is 69.9 Å². The molecule has 0 radical (unpaired) electrons. The number of hydrogen-bond donors (Lipinski definition) is 0. The maximum Gasteiger partial charge on any atom is 0.275 e. The number of aryl methyl sites for hydroxylation is 1. The standard InChI is InChI=1S/C21H16ClF2N3O3/c1-26-20-14-9-13(22)5-6-17(14)30-11-15(20)19(25-26)21(29)27(7-8-28)10-12-3-2-4-16(23)18(12)24/h2-6,8-9H,7,10-11H2,1H3. The Morgan fingerprint density at radius 3 is 2.90 bits per heavy atom. The second kappa shape index (κ2) is 7.87. The molecule has 154 valence electrons. The molecule has 0 unspecified atom stereocenters. The number of benzene rings is 2. The number of carbonyl (C=O) groups excluding carboxylic acids is 2. The third-order valence-electron chi connectivity index (χ3n) is 4.89. The van der Waals surface area contributed by atoms with E-state index in [2.05, 4.69) is 5.10 Å². The van der Waals surface area contributed by atoms with Crippen LogP contribution < -0.4 is 4.74 Å². The molecule has 0 aliphatic carbocycles. The molecular formula is C21H16ClF2N3O3. The number of hydrogen-bond acceptors (Lipinski definition) is 4. The van der Waals surface area contributed by atoms with Crippen molar-refractivity contribution in [3.8, 4) is 17.0 Å². The number of aldehydes is 1. The number of halogens is 3. The lowest BCUT2D eigenvalue weighted by molar-refractivity contribution is -0.108. The van der Waals surface area contributed by atoms with Gasteiger partial charge in [0, 0.05) is 35.3 Å². The van der Waals surface area contributed by atoms with E-state index in [-0.39, 0.29) is 31.0 Å². The quantitative estimate of drug-likeness (QED) is 0.577. The van der Waals surface area contributed by atoms with E-state index in [0.717, 1.165) is 11.0 Å². The van der Waals surface area contributed by atoms with Crippen molar-refractivity contribution in [1.82, 2.24) is 14.7 Å². The molecule has 0 saturated carbocycles. The van der Waals surface area contributed by atoms with E-state index in [9.17, 15) is 18.4 Å². The van der Waals surface area contributed by atoms with Crippen LogP contribution in [0, 0.1) is 11.6 Å². The van der Waals surface area contributed by atoms with Gasteiger partial charge in [0.2, 0.25) is 0 Å². The van der Waals surface area contributed by atoms with E-state index < -0.39 is 17.5 Å². The van der Waals surface area contributed by atoms with Crippen LogP contribution in [0.2, 0.25) is 5.02 Å². The highest BCUT2D eigenvalue weighted by Gasteiger charge is 2.31. The van der Waals surface area contributed by atoms with Gasteiger partial charge in [0.25, 0.3) is 5.91 Å². The highest BCUT2D eigenvalue weighted by atomic mass is 35.5. The molecule has 0 N–H and O–H groups in total. The Kier molecular flexibility index (Phi) is 5.26. The lowest BCUT2D eigenvalue weighted by Crippen LogP contribution is -2.33. The molecule has 9 heteroatoms. The Morgan fingerprint density at radius 1 is 1.33 bits per heavy atom. The van der Waals surface area contributed by atoms with Crippen molar-refractivity contribution in [1.29, 1.82) is 0 Å². The summed E-state index contributed by atoms with van der Waals surface area (Å²) in [6.45, 7) is -0.485. The van der Waals surface area contributed by atoms with Crippen LogP contribution in [-0.2, 0) is 25.0 Å². The first kappa shape index (κ1) is 20.0. The first-order chi connectivity index (χ1) is 14.4. The number of nitrogens with zero attached hydrogens (tertiary/aromatic N) is 3. The van der Waals surface area contributed by atoms with Crippen LogP contribution in [0.3, 0.4) is 0 Å². The summed E-state index contributed by atoms with van der Waals surface area (Å²) in [4.78, 5) is 25.5. The summed E-state index contributed by atoms with van der Waals surface area (Å²) in [7, 11) is 1.68. The molecule has 3 aromatic rings. The second-order valence-corrected chi connectivity index (χ2v) is 7.23. The summed E-state index contributed by atoms with van der Waals surface area (Å²) >= 11 is 6.11. The Morgan fingerprint density at radius 2 is 2.13 bits per heavy atom. The van der Waals surface area contributed by atoms with Crippen molar-refractivity contribution < 1.29 is 23.1 Å². The number of fused-ring (bicyclic) bond motifs is 3. The zero-order chi connectivity index (χ0) is 21.4. The van der Waals surface area contributed by atoms with Crippen LogP contribution in [0.25, 0.3) is 11.3 Å². The van der Waals surface area contributed by atoms with Crippen molar-refractivity contribution in [2.75, 3.05) is 6.54 Å². The third kappa shape index (κ3) is 3.43. The van der Waals surface area contributed by atoms with Gasteiger partial charge in [-0.25, -0.2) is 8.78 Å². The largest absolute Gasteiger partial charge is 0.488 e. The fourth-order valence-corrected chi connectivity index (χ4v) is 3.68. The molecule has 2 heterocycles. The van der Waals surface area contributed by atoms with Gasteiger partial charge >= 0.3 is 0 Å². The summed E-state index contributed by atoms with van der Waals surface area (Å²) in [6, 6.07) is 8.84. The summed E-state index contributed by atoms with van der Waals surface area (Å²) in [5.74, 6) is -2.06. The summed E-state index contributed by atoms with van der Waals surface area (Å²) < 4.78 is 34.9. The van der Waals surface area contributed by atoms with Gasteiger partial charge in [-0.05, 0) is 24.3 Å². The van der Waals surface area contributed by atoms with E-state index in [1.54, 1.807) is 29.9 Å². The zero-order valence-corrected chi connectivity index (χ0v) is 16.6. The van der Waals surface area contributed by atoms with E-state index in [1.165, 1.54) is 12.1 Å². The van der Waals surface area contributed by atoms with Gasteiger partial charge in [0.15, 0.2) is 17.3 Å². The molecule has 1 aromatic heterocycles. The first-order valence-electron chi connectivity index (χ1n) is 9.05. The topological polar surface area (TPSA) is 64.4 Å². The van der Waals surface area contributed by atoms with Crippen LogP contribution in [0.5, 0.6) is 5.75 Å². The minimum Gasteiger partial charge on any atom is -0.488 e. The Hall–Kier alpha value is -3.26. The van der Waals surface area contributed by atoms with Crippen LogP contribution >= 0.6 is 11.6 Å². The van der Waals surface area contributed by atoms with Crippen LogP contribution in [0.4, 0.5) is 8.78 Å². The number of aromatic nitrogens is 2. The minimum atomic E-state index is -1.06. The lowest BCUT2D eigenvalue weighted by Gasteiger charge is -2.22. The van der Waals surface area contributed by atoms with Gasteiger partial charge in [-0.15, -0.1) is 0 Å². The molecule has 0 saturated heterocycles. The maximum absolute atomic E-state index is 14.1. The number of ether oxygens (including phenoxy) is 1. The first-order valence-corrected chi connectivity index (χ1v) is 9.43. The van der Waals surface area contributed by atoms with E-state index in [0.29, 0.717) is 33.9 Å². The molecule has 4 rings (SSSR count). The van der Waals surface area contributed by atoms with Crippen LogP contribution in [0.1, 0.15) is 21.6 Å². The number of carbonyl (C=O) groups is 2. The number of amides is 1. The third-order valence-corrected chi connectivity index (χ3v) is 5.13. The molecule has 1 amide bonds. The molecule has 0 bridgehead atoms. The molecule has 0 atom stereocenters. The van der Waals surface area contributed by atoms with Crippen LogP contribution in [-0.4, -0.2) is 33.4 Å². The zero-order valence-electron chi connectivity index (χ0n) is 15.9. The molecule has 2 aromatic carbocycles. The average molecular weight is 432 g/mol. The van der Waals surface area contributed by atoms with Gasteiger partial charge < -0.3 is 14.4 Å². The summed E-state index contributed by atoms with van der Waals surface area (Å²) in [5.41, 5.74) is 1.94. The predicted octanol–water partition coefficient (Wildman–Crippen LogP) is 3.75. The van der Waals surface area contributed by atoms with Gasteiger partial charge in [0.1, 0.15) is 18.6 Å². The fourth-order valence-electron chi connectivity index (χ4n) is 3.51. The summed E-state index contributed by atoms with van der Waals surface area (Å²) in [5, 5.41) is 4.83. The molecule has 30 heavy (non-hydrogen) atoms. The predicted molar refractivity (Wildman–Crippen MR) is 105 cm³/mol. The monoisotopic (exact) mass is 431 g/mol. The van der Waals surface area contributed by atoms with E-state index >= 15 is 0 Å². The Balaban J connectivity index is 1.73. The van der Waals surface area contributed by atoms with Crippen molar-refractivity contribution in [2.24, 2.45) is 7.05 Å². The Bertz CT molecular complexity index is 1160. The van der Waals surface area contributed by atoms with Gasteiger partial charge in [-0.2, -0.15) is 5.10 Å². The average Bonchev–Trinajstić information content (AvgIpc) is 3.07. The molecular weight excluding hydrogens is 416 g/mol. The molecule has 1 aliphatic heterocycles. The van der Waals surface area contributed by atoms with Crippen molar-refractivity contribution in [3.63, 3.8) is 0 Å². The molecule has 0 fully saturated rings. The highest BCUT2D eigenvalue weighted by molar-refractivity contribution is 6.31. The van der Waals surface area contributed by atoms with Crippen LogP contribution in [0.15, 0.2) is 36.4 Å².